The summed E-state index contributed by atoms with van der Waals surface area (Å²) in [5, 5.41) is 0. The SMILES string of the molecule is CCCCCCC/C=C\C/C=C\CCCCCCCCCCCC(=O)OC(COC(=O)CCCCCCCCC/C=C\CCCCCCCC)COC(=O)CCCCCCCCCCCCCCCCCCCCCCCCCCCCC. The standard InChI is InChI=1S/C77H144O6/c1-4-7-10-13-16-19-22-25-28-31-33-35-36-37-38-39-40-42-43-46-49-52-55-58-61-64-67-70-76(79)82-73-74(72-81-75(78)69-66-63-60-57-54-51-48-45-30-27-24-21-18-15-12-9-6-3)83-77(80)71-68-65-62-59-56-53-50-47-44-41-34-32-29-26-23-20-17-14-11-8-5-2/h23,26-27,30,32,34,74H,4-22,24-25,28-29,31,33,35-73H2,1-3H3/b26-23-,30-27-,34-32-. The van der Waals surface area contributed by atoms with Crippen LogP contribution in [0.5, 0.6) is 0 Å². The van der Waals surface area contributed by atoms with Crippen molar-refractivity contribution >= 4 is 17.9 Å². The van der Waals surface area contributed by atoms with Gasteiger partial charge in [0.2, 0.25) is 0 Å². The van der Waals surface area contributed by atoms with Crippen LogP contribution in [0.4, 0.5) is 0 Å². The van der Waals surface area contributed by atoms with Crippen molar-refractivity contribution in [3.63, 3.8) is 0 Å². The molecule has 0 aliphatic carbocycles. The van der Waals surface area contributed by atoms with Gasteiger partial charge in [0.05, 0.1) is 0 Å². The molecule has 0 saturated carbocycles. The van der Waals surface area contributed by atoms with Crippen molar-refractivity contribution in [1.82, 2.24) is 0 Å². The van der Waals surface area contributed by atoms with Gasteiger partial charge in [0.1, 0.15) is 13.2 Å². The molecule has 0 fully saturated rings. The molecule has 6 heteroatoms. The lowest BCUT2D eigenvalue weighted by Gasteiger charge is -2.18. The fourth-order valence-electron chi connectivity index (χ4n) is 11.5. The minimum atomic E-state index is -0.776. The Morgan fingerprint density at radius 3 is 0.675 bits per heavy atom. The number of esters is 3. The molecule has 0 aromatic heterocycles. The average molecular weight is 1170 g/mol. The quantitative estimate of drug-likeness (QED) is 0.0261. The second-order valence-electron chi connectivity index (χ2n) is 25.6. The Morgan fingerprint density at radius 2 is 0.434 bits per heavy atom. The highest BCUT2D eigenvalue weighted by molar-refractivity contribution is 5.71. The first-order chi connectivity index (χ1) is 41.0. The minimum Gasteiger partial charge on any atom is -0.462 e. The van der Waals surface area contributed by atoms with E-state index in [1.54, 1.807) is 0 Å². The van der Waals surface area contributed by atoms with Crippen LogP contribution in [-0.2, 0) is 28.6 Å². The van der Waals surface area contributed by atoms with Crippen LogP contribution in [0.3, 0.4) is 0 Å². The summed E-state index contributed by atoms with van der Waals surface area (Å²) in [5.41, 5.74) is 0. The van der Waals surface area contributed by atoms with Crippen molar-refractivity contribution in [3.05, 3.63) is 36.5 Å². The smallest absolute Gasteiger partial charge is 0.306 e. The van der Waals surface area contributed by atoms with Gasteiger partial charge in [-0.05, 0) is 77.0 Å². The second kappa shape index (κ2) is 72.1. The zero-order valence-corrected chi connectivity index (χ0v) is 56.2. The van der Waals surface area contributed by atoms with Crippen LogP contribution in [0, 0.1) is 0 Å². The van der Waals surface area contributed by atoms with Gasteiger partial charge in [0, 0.05) is 19.3 Å². The molecule has 0 aliphatic heterocycles. The van der Waals surface area contributed by atoms with Crippen LogP contribution in [0.25, 0.3) is 0 Å². The topological polar surface area (TPSA) is 78.9 Å². The van der Waals surface area contributed by atoms with Crippen molar-refractivity contribution in [1.29, 1.82) is 0 Å². The molecule has 0 radical (unpaired) electrons. The molecule has 6 nitrogen and oxygen atoms in total. The van der Waals surface area contributed by atoms with Crippen molar-refractivity contribution in [3.8, 4) is 0 Å². The number of unbranched alkanes of at least 4 members (excludes halogenated alkanes) is 53. The highest BCUT2D eigenvalue weighted by Crippen LogP contribution is 2.19. The molecular formula is C77H144O6. The molecule has 1 unspecified atom stereocenters. The van der Waals surface area contributed by atoms with Gasteiger partial charge >= 0.3 is 17.9 Å². The van der Waals surface area contributed by atoms with Gasteiger partial charge in [-0.25, -0.2) is 0 Å². The van der Waals surface area contributed by atoms with Crippen molar-refractivity contribution in [2.75, 3.05) is 13.2 Å². The van der Waals surface area contributed by atoms with E-state index in [0.29, 0.717) is 19.3 Å². The first-order valence-electron chi connectivity index (χ1n) is 37.5. The Kier molecular flexibility index (Phi) is 70.0. The zero-order valence-electron chi connectivity index (χ0n) is 56.2. The van der Waals surface area contributed by atoms with Crippen molar-refractivity contribution < 1.29 is 28.6 Å². The summed E-state index contributed by atoms with van der Waals surface area (Å²) in [4.78, 5) is 38.5. The maximum atomic E-state index is 13.0. The third-order valence-corrected chi connectivity index (χ3v) is 17.1. The Labute approximate surface area is 518 Å². The van der Waals surface area contributed by atoms with Gasteiger partial charge in [-0.2, -0.15) is 0 Å². The molecule has 0 saturated heterocycles. The van der Waals surface area contributed by atoms with Gasteiger partial charge in [-0.15, -0.1) is 0 Å². The van der Waals surface area contributed by atoms with Crippen LogP contribution in [0.2, 0.25) is 0 Å². The molecule has 0 spiro atoms. The fourth-order valence-corrected chi connectivity index (χ4v) is 11.5. The van der Waals surface area contributed by atoms with E-state index in [0.717, 1.165) is 64.2 Å². The summed E-state index contributed by atoms with van der Waals surface area (Å²) in [6, 6.07) is 0. The molecule has 1 atom stereocenters. The Bertz CT molecular complexity index is 1380. The number of hydrogen-bond acceptors (Lipinski definition) is 6. The predicted octanol–water partition coefficient (Wildman–Crippen LogP) is 25.9. The van der Waals surface area contributed by atoms with E-state index in [-0.39, 0.29) is 31.1 Å². The summed E-state index contributed by atoms with van der Waals surface area (Å²) in [6.45, 7) is 6.70. The van der Waals surface area contributed by atoms with E-state index in [4.69, 9.17) is 14.2 Å². The van der Waals surface area contributed by atoms with Crippen LogP contribution in [-0.4, -0.2) is 37.2 Å². The molecule has 0 aromatic carbocycles. The predicted molar refractivity (Wildman–Crippen MR) is 362 cm³/mol. The maximum absolute atomic E-state index is 13.0. The average Bonchev–Trinajstić information content (AvgIpc) is 3.50. The Balaban J connectivity index is 4.26. The van der Waals surface area contributed by atoms with Crippen LogP contribution in [0.1, 0.15) is 419 Å². The van der Waals surface area contributed by atoms with Gasteiger partial charge in [-0.1, -0.05) is 359 Å². The molecule has 0 amide bonds. The lowest BCUT2D eigenvalue weighted by molar-refractivity contribution is -0.167. The lowest BCUT2D eigenvalue weighted by Crippen LogP contribution is -2.30. The highest BCUT2D eigenvalue weighted by atomic mass is 16.6. The highest BCUT2D eigenvalue weighted by Gasteiger charge is 2.20. The van der Waals surface area contributed by atoms with E-state index in [9.17, 15) is 14.4 Å². The van der Waals surface area contributed by atoms with E-state index in [1.165, 1.54) is 315 Å². The molecule has 83 heavy (non-hydrogen) atoms. The van der Waals surface area contributed by atoms with Crippen LogP contribution in [0.15, 0.2) is 36.5 Å². The van der Waals surface area contributed by atoms with Crippen molar-refractivity contribution in [2.24, 2.45) is 0 Å². The first kappa shape index (κ1) is 80.6. The van der Waals surface area contributed by atoms with E-state index >= 15 is 0 Å². The number of rotatable bonds is 70. The third kappa shape index (κ3) is 70.3. The van der Waals surface area contributed by atoms with Crippen LogP contribution >= 0.6 is 0 Å². The molecule has 0 aromatic rings. The fraction of sp³-hybridized carbons (Fsp3) is 0.883. The molecule has 0 heterocycles. The van der Waals surface area contributed by atoms with Gasteiger partial charge in [0.25, 0.3) is 0 Å². The van der Waals surface area contributed by atoms with E-state index < -0.39 is 6.10 Å². The summed E-state index contributed by atoms with van der Waals surface area (Å²) in [5.74, 6) is -0.847. The summed E-state index contributed by atoms with van der Waals surface area (Å²) < 4.78 is 17.0. The number of ether oxygens (including phenoxy) is 3. The largest absolute Gasteiger partial charge is 0.462 e. The molecule has 488 valence electrons. The first-order valence-corrected chi connectivity index (χ1v) is 37.5. The van der Waals surface area contributed by atoms with Gasteiger partial charge < -0.3 is 14.2 Å². The van der Waals surface area contributed by atoms with Gasteiger partial charge in [-0.3, -0.25) is 14.4 Å². The maximum Gasteiger partial charge on any atom is 0.306 e. The number of carbonyl (C=O) groups is 3. The normalized spacial score (nSPS) is 12.2. The molecule has 0 rings (SSSR count). The number of carbonyl (C=O) groups excluding carboxylic acids is 3. The molecule has 0 bridgehead atoms. The monoisotopic (exact) mass is 1170 g/mol. The summed E-state index contributed by atoms with van der Waals surface area (Å²) in [6.07, 6.45) is 90.4. The van der Waals surface area contributed by atoms with Gasteiger partial charge in [0.15, 0.2) is 6.10 Å². The molecule has 0 aliphatic rings. The Hall–Kier alpha value is -2.37. The molecule has 0 N–H and O–H groups in total. The minimum absolute atomic E-state index is 0.0702. The van der Waals surface area contributed by atoms with Crippen molar-refractivity contribution in [2.45, 2.75) is 425 Å². The summed E-state index contributed by atoms with van der Waals surface area (Å²) in [7, 11) is 0. The second-order valence-corrected chi connectivity index (χ2v) is 25.6. The Morgan fingerprint density at radius 1 is 0.241 bits per heavy atom. The lowest BCUT2D eigenvalue weighted by atomic mass is 10.0. The zero-order chi connectivity index (χ0) is 59.9. The summed E-state index contributed by atoms with van der Waals surface area (Å²) >= 11 is 0. The molecular weight excluding hydrogens is 1020 g/mol. The van der Waals surface area contributed by atoms with E-state index in [1.807, 2.05) is 0 Å². The number of allylic oxidation sites excluding steroid dienone is 6. The van der Waals surface area contributed by atoms with Crippen LogP contribution < -0.4 is 0 Å². The van der Waals surface area contributed by atoms with E-state index in [2.05, 4.69) is 57.2 Å². The number of hydrogen-bond donors (Lipinski definition) is 0. The third-order valence-electron chi connectivity index (χ3n) is 17.1.